The van der Waals surface area contributed by atoms with Gasteiger partial charge in [0.1, 0.15) is 5.75 Å². The van der Waals surface area contributed by atoms with E-state index in [4.69, 9.17) is 18.9 Å². The fourth-order valence-electron chi connectivity index (χ4n) is 2.48. The third-order valence-electron chi connectivity index (χ3n) is 3.79. The number of hydrogen-bond acceptors (Lipinski definition) is 5. The van der Waals surface area contributed by atoms with Crippen LogP contribution in [-0.4, -0.2) is 27.3 Å². The average Bonchev–Trinajstić information content (AvgIpc) is 2.66. The van der Waals surface area contributed by atoms with Gasteiger partial charge in [-0.3, -0.25) is 4.79 Å². The number of esters is 1. The van der Waals surface area contributed by atoms with Gasteiger partial charge in [-0.15, -0.1) is 0 Å². The number of benzene rings is 2. The van der Waals surface area contributed by atoms with Crippen LogP contribution in [0.15, 0.2) is 48.7 Å². The van der Waals surface area contributed by atoms with Crippen molar-refractivity contribution in [2.75, 3.05) is 21.3 Å². The minimum atomic E-state index is -0.597. The van der Waals surface area contributed by atoms with E-state index in [1.54, 1.807) is 32.2 Å². The third kappa shape index (κ3) is 4.32. The highest BCUT2D eigenvalue weighted by molar-refractivity contribution is 5.81. The first-order valence-corrected chi connectivity index (χ1v) is 7.83. The Kier molecular flexibility index (Phi) is 6.46. The molecule has 0 N–H and O–H groups in total. The first-order valence-electron chi connectivity index (χ1n) is 7.83. The lowest BCUT2D eigenvalue weighted by Gasteiger charge is -2.19. The van der Waals surface area contributed by atoms with Crippen molar-refractivity contribution < 1.29 is 23.7 Å². The van der Waals surface area contributed by atoms with Crippen LogP contribution in [0.1, 0.15) is 24.0 Å². The molecule has 0 fully saturated rings. The average molecular weight is 342 g/mol. The van der Waals surface area contributed by atoms with Crippen LogP contribution in [0.4, 0.5) is 0 Å². The molecule has 0 radical (unpaired) electrons. The Morgan fingerprint density at radius 2 is 1.56 bits per heavy atom. The van der Waals surface area contributed by atoms with E-state index in [9.17, 15) is 4.79 Å². The zero-order chi connectivity index (χ0) is 18.2. The molecule has 5 heteroatoms. The molecule has 132 valence electrons. The number of carbonyl (C=O) groups is 1. The van der Waals surface area contributed by atoms with Gasteiger partial charge in [0, 0.05) is 0 Å². The third-order valence-corrected chi connectivity index (χ3v) is 3.79. The summed E-state index contributed by atoms with van der Waals surface area (Å²) in [6.07, 6.45) is 3.11. The normalized spacial score (nSPS) is 11.8. The van der Waals surface area contributed by atoms with Crippen LogP contribution in [0.5, 0.6) is 17.2 Å². The summed E-state index contributed by atoms with van der Waals surface area (Å²) < 4.78 is 21.4. The highest BCUT2D eigenvalue weighted by Crippen LogP contribution is 2.42. The summed E-state index contributed by atoms with van der Waals surface area (Å²) in [5.41, 5.74) is 1.53. The van der Waals surface area contributed by atoms with Crippen LogP contribution in [0.25, 0.3) is 6.08 Å². The van der Waals surface area contributed by atoms with Crippen molar-refractivity contribution in [3.8, 4) is 17.2 Å². The Hall–Kier alpha value is -2.95. The summed E-state index contributed by atoms with van der Waals surface area (Å²) in [4.78, 5) is 12.4. The molecule has 2 aromatic rings. The van der Waals surface area contributed by atoms with Gasteiger partial charge in [0.05, 0.1) is 39.1 Å². The van der Waals surface area contributed by atoms with E-state index in [0.717, 1.165) is 5.56 Å². The van der Waals surface area contributed by atoms with Crippen molar-refractivity contribution >= 4 is 12.0 Å². The lowest BCUT2D eigenvalue weighted by Crippen LogP contribution is -2.13. The van der Waals surface area contributed by atoms with Crippen molar-refractivity contribution in [3.05, 3.63) is 59.9 Å². The van der Waals surface area contributed by atoms with Crippen LogP contribution in [0.3, 0.4) is 0 Å². The van der Waals surface area contributed by atoms with Crippen LogP contribution >= 0.6 is 0 Å². The maximum absolute atomic E-state index is 12.4. The van der Waals surface area contributed by atoms with Crippen molar-refractivity contribution in [2.24, 2.45) is 0 Å². The molecule has 0 amide bonds. The number of rotatable bonds is 7. The molecular weight excluding hydrogens is 320 g/mol. The van der Waals surface area contributed by atoms with Crippen LogP contribution in [-0.2, 0) is 9.53 Å². The smallest absolute Gasteiger partial charge is 0.318 e. The quantitative estimate of drug-likeness (QED) is 0.562. The van der Waals surface area contributed by atoms with Gasteiger partial charge in [-0.2, -0.15) is 0 Å². The molecule has 1 unspecified atom stereocenters. The van der Waals surface area contributed by atoms with Gasteiger partial charge in [-0.05, 0) is 30.7 Å². The second-order valence-electron chi connectivity index (χ2n) is 5.29. The number of methoxy groups -OCH3 is 3. The molecule has 0 aliphatic carbocycles. The Morgan fingerprint density at radius 1 is 0.920 bits per heavy atom. The molecule has 25 heavy (non-hydrogen) atoms. The van der Waals surface area contributed by atoms with Gasteiger partial charge < -0.3 is 18.9 Å². The molecule has 0 aromatic heterocycles. The lowest BCUT2D eigenvalue weighted by molar-refractivity contribution is -0.139. The molecule has 0 heterocycles. The Bertz CT molecular complexity index is 737. The van der Waals surface area contributed by atoms with Gasteiger partial charge in [-0.25, -0.2) is 0 Å². The van der Waals surface area contributed by atoms with Crippen molar-refractivity contribution in [1.82, 2.24) is 0 Å². The van der Waals surface area contributed by atoms with Gasteiger partial charge in [0.25, 0.3) is 0 Å². The number of hydrogen-bond donors (Lipinski definition) is 0. The molecule has 0 saturated carbocycles. The lowest BCUT2D eigenvalue weighted by atomic mass is 9.98. The van der Waals surface area contributed by atoms with Crippen molar-refractivity contribution in [3.63, 3.8) is 0 Å². The Labute approximate surface area is 147 Å². The molecule has 0 bridgehead atoms. The Morgan fingerprint density at radius 3 is 2.16 bits per heavy atom. The largest absolute Gasteiger partial charge is 0.496 e. The summed E-state index contributed by atoms with van der Waals surface area (Å²) in [5, 5.41) is 0. The van der Waals surface area contributed by atoms with E-state index in [2.05, 4.69) is 0 Å². The molecule has 0 saturated heterocycles. The van der Waals surface area contributed by atoms with E-state index in [1.165, 1.54) is 20.5 Å². The molecule has 0 spiro atoms. The number of carbonyl (C=O) groups excluding carboxylic acids is 1. The summed E-state index contributed by atoms with van der Waals surface area (Å²) in [6.45, 7) is 1.73. The van der Waals surface area contributed by atoms with E-state index >= 15 is 0 Å². The summed E-state index contributed by atoms with van der Waals surface area (Å²) in [7, 11) is 4.60. The van der Waals surface area contributed by atoms with Crippen LogP contribution < -0.4 is 14.2 Å². The fraction of sp³-hybridized carbons (Fsp3) is 0.250. The predicted octanol–water partition coefficient (Wildman–Crippen LogP) is 4.03. The molecule has 0 aliphatic heterocycles. The molecule has 5 nitrogen and oxygen atoms in total. The van der Waals surface area contributed by atoms with E-state index < -0.39 is 11.9 Å². The highest BCUT2D eigenvalue weighted by atomic mass is 16.5. The van der Waals surface area contributed by atoms with Crippen LogP contribution in [0, 0.1) is 0 Å². The highest BCUT2D eigenvalue weighted by Gasteiger charge is 2.27. The van der Waals surface area contributed by atoms with Crippen molar-refractivity contribution in [1.29, 1.82) is 0 Å². The first kappa shape index (κ1) is 18.4. The summed E-state index contributed by atoms with van der Waals surface area (Å²) >= 11 is 0. The standard InChI is InChI=1S/C20H22O5/c1-14(20(21)25-13-12-15-8-6-5-7-9-15)18-16(22-2)10-11-17(23-3)19(18)24-4/h5-14H,1-4H3. The van der Waals surface area contributed by atoms with E-state index in [1.807, 2.05) is 30.3 Å². The minimum absolute atomic E-state index is 0.419. The van der Waals surface area contributed by atoms with Crippen LogP contribution in [0.2, 0.25) is 0 Å². The Balaban J connectivity index is 2.22. The van der Waals surface area contributed by atoms with Gasteiger partial charge in [0.15, 0.2) is 11.5 Å². The zero-order valence-electron chi connectivity index (χ0n) is 14.8. The van der Waals surface area contributed by atoms with Gasteiger partial charge in [-0.1, -0.05) is 30.3 Å². The van der Waals surface area contributed by atoms with E-state index in [-0.39, 0.29) is 0 Å². The summed E-state index contributed by atoms with van der Waals surface area (Å²) in [5.74, 6) is 0.503. The van der Waals surface area contributed by atoms with Crippen molar-refractivity contribution in [2.45, 2.75) is 12.8 Å². The molecule has 1 atom stereocenters. The molecule has 2 aromatic carbocycles. The predicted molar refractivity (Wildman–Crippen MR) is 96.1 cm³/mol. The zero-order valence-corrected chi connectivity index (χ0v) is 14.8. The fourth-order valence-corrected chi connectivity index (χ4v) is 2.48. The first-order chi connectivity index (χ1) is 12.1. The number of ether oxygens (including phenoxy) is 4. The maximum atomic E-state index is 12.4. The summed E-state index contributed by atoms with van der Waals surface area (Å²) in [6, 6.07) is 13.1. The van der Waals surface area contributed by atoms with Gasteiger partial charge in [0.2, 0.25) is 0 Å². The second-order valence-corrected chi connectivity index (χ2v) is 5.29. The monoisotopic (exact) mass is 342 g/mol. The molecule has 0 aliphatic rings. The van der Waals surface area contributed by atoms with Gasteiger partial charge >= 0.3 is 5.97 Å². The molecular formula is C20H22O5. The van der Waals surface area contributed by atoms with E-state index in [0.29, 0.717) is 22.8 Å². The maximum Gasteiger partial charge on any atom is 0.318 e. The topological polar surface area (TPSA) is 54.0 Å². The minimum Gasteiger partial charge on any atom is -0.496 e. The second kappa shape index (κ2) is 8.78. The molecule has 2 rings (SSSR count). The SMILES string of the molecule is COc1ccc(OC)c(C(C)C(=O)OC=Cc2ccccc2)c1OC.